The molecule has 1 aliphatic carbocycles. The molecule has 27 heavy (non-hydrogen) atoms. The lowest BCUT2D eigenvalue weighted by atomic mass is 9.74. The predicted octanol–water partition coefficient (Wildman–Crippen LogP) is 3.96. The lowest BCUT2D eigenvalue weighted by molar-refractivity contribution is 0.0690. The van der Waals surface area contributed by atoms with Gasteiger partial charge in [-0.15, -0.1) is 0 Å². The number of hydrogen-bond donors (Lipinski definition) is 1. The Morgan fingerprint density at radius 2 is 1.81 bits per heavy atom. The molecule has 3 aliphatic rings. The van der Waals surface area contributed by atoms with Crippen LogP contribution < -0.4 is 5.32 Å². The lowest BCUT2D eigenvalue weighted by Gasteiger charge is -2.39. The molecule has 138 valence electrons. The molecule has 2 aromatic carbocycles. The lowest BCUT2D eigenvalue weighted by Crippen LogP contribution is -2.44. The van der Waals surface area contributed by atoms with Crippen LogP contribution in [0.5, 0.6) is 0 Å². The summed E-state index contributed by atoms with van der Waals surface area (Å²) in [4.78, 5) is 15.0. The van der Waals surface area contributed by atoms with E-state index in [9.17, 15) is 4.79 Å². The molecule has 1 N–H and O–H groups in total. The summed E-state index contributed by atoms with van der Waals surface area (Å²) in [7, 11) is 0. The van der Waals surface area contributed by atoms with E-state index in [2.05, 4.69) is 53.9 Å². The number of rotatable bonds is 2. The Morgan fingerprint density at radius 1 is 1.04 bits per heavy atom. The summed E-state index contributed by atoms with van der Waals surface area (Å²) in [6, 6.07) is 17.0. The van der Waals surface area contributed by atoms with Gasteiger partial charge in [-0.05, 0) is 60.5 Å². The highest BCUT2D eigenvalue weighted by Gasteiger charge is 2.38. The first-order valence-corrected chi connectivity index (χ1v) is 10.1. The maximum atomic E-state index is 13.0. The fraction of sp³-hybridized carbons (Fsp3) is 0.375. The Bertz CT molecular complexity index is 870. The molecule has 0 radical (unpaired) electrons. The molecule has 5 rings (SSSR count). The molecule has 0 aromatic heterocycles. The normalized spacial score (nSPS) is 23.0. The molecule has 1 atom stereocenters. The Balaban J connectivity index is 1.27. The number of carbonyl (C=O) groups excluding carboxylic acids is 1. The summed E-state index contributed by atoms with van der Waals surface area (Å²) in [5.74, 6) is 0.773. The van der Waals surface area contributed by atoms with Crippen LogP contribution in [0, 0.1) is 0 Å². The van der Waals surface area contributed by atoms with Gasteiger partial charge in [-0.1, -0.05) is 48.6 Å². The quantitative estimate of drug-likeness (QED) is 0.881. The van der Waals surface area contributed by atoms with Crippen LogP contribution in [0.3, 0.4) is 0 Å². The van der Waals surface area contributed by atoms with Crippen LogP contribution in [0.15, 0.2) is 54.6 Å². The van der Waals surface area contributed by atoms with Crippen molar-refractivity contribution in [1.82, 2.24) is 10.2 Å². The standard InChI is InChI=1S/C24H26N2O/c27-23(20-7-5-18(6-8-20)21-10-14-25-17-21)26-15-12-24(13-16-26)11-9-19-3-1-2-4-22(19)24/h1-9,11,21,25H,10,12-17H2/t21-/m1/s1. The van der Waals surface area contributed by atoms with E-state index in [1.807, 2.05) is 17.0 Å². The van der Waals surface area contributed by atoms with Gasteiger partial charge in [-0.25, -0.2) is 0 Å². The second-order valence-electron chi connectivity index (χ2n) is 8.18. The van der Waals surface area contributed by atoms with E-state index in [-0.39, 0.29) is 11.3 Å². The SMILES string of the molecule is O=C(c1ccc([C@@H]2CCNC2)cc1)N1CCC2(C=Cc3ccccc32)CC1. The number of benzene rings is 2. The first-order valence-electron chi connectivity index (χ1n) is 10.1. The highest BCUT2D eigenvalue weighted by atomic mass is 16.2. The number of fused-ring (bicyclic) bond motifs is 2. The van der Waals surface area contributed by atoms with E-state index >= 15 is 0 Å². The van der Waals surface area contributed by atoms with Gasteiger partial charge in [0.2, 0.25) is 0 Å². The number of allylic oxidation sites excluding steroid dienone is 1. The second kappa shape index (κ2) is 6.65. The topological polar surface area (TPSA) is 32.3 Å². The number of nitrogens with one attached hydrogen (secondary N) is 1. The van der Waals surface area contributed by atoms with Gasteiger partial charge >= 0.3 is 0 Å². The van der Waals surface area contributed by atoms with Crippen molar-refractivity contribution in [2.75, 3.05) is 26.2 Å². The van der Waals surface area contributed by atoms with Gasteiger partial charge in [0, 0.05) is 30.6 Å². The van der Waals surface area contributed by atoms with Crippen molar-refractivity contribution in [3.8, 4) is 0 Å². The van der Waals surface area contributed by atoms with E-state index in [1.54, 1.807) is 0 Å². The summed E-state index contributed by atoms with van der Waals surface area (Å²) in [6.45, 7) is 3.80. The third-order valence-corrected chi connectivity index (χ3v) is 6.71. The van der Waals surface area contributed by atoms with Crippen molar-refractivity contribution in [3.05, 3.63) is 76.9 Å². The molecular formula is C24H26N2O. The third-order valence-electron chi connectivity index (χ3n) is 6.71. The third kappa shape index (κ3) is 2.90. The Kier molecular flexibility index (Phi) is 4.13. The maximum absolute atomic E-state index is 13.0. The van der Waals surface area contributed by atoms with E-state index in [0.29, 0.717) is 5.92 Å². The van der Waals surface area contributed by atoms with Crippen molar-refractivity contribution >= 4 is 12.0 Å². The molecular weight excluding hydrogens is 332 g/mol. The summed E-state index contributed by atoms with van der Waals surface area (Å²) in [6.07, 6.45) is 7.83. The number of hydrogen-bond acceptors (Lipinski definition) is 2. The van der Waals surface area contributed by atoms with Crippen LogP contribution in [-0.2, 0) is 5.41 Å². The van der Waals surface area contributed by atoms with Gasteiger partial charge in [0.1, 0.15) is 0 Å². The van der Waals surface area contributed by atoms with E-state index < -0.39 is 0 Å². The minimum atomic E-state index is 0.132. The molecule has 3 nitrogen and oxygen atoms in total. The molecule has 2 fully saturated rings. The maximum Gasteiger partial charge on any atom is 0.253 e. The van der Waals surface area contributed by atoms with Crippen molar-refractivity contribution < 1.29 is 4.79 Å². The zero-order valence-corrected chi connectivity index (χ0v) is 15.7. The van der Waals surface area contributed by atoms with E-state index in [1.165, 1.54) is 23.1 Å². The molecule has 3 heteroatoms. The Morgan fingerprint density at radius 3 is 2.56 bits per heavy atom. The molecule has 1 spiro atoms. The first-order chi connectivity index (χ1) is 13.3. The number of likely N-dealkylation sites (tertiary alicyclic amines) is 1. The highest BCUT2D eigenvalue weighted by molar-refractivity contribution is 5.94. The average Bonchev–Trinajstić information content (AvgIpc) is 3.38. The fourth-order valence-corrected chi connectivity index (χ4v) is 5.00. The smallest absolute Gasteiger partial charge is 0.253 e. The van der Waals surface area contributed by atoms with Crippen LogP contribution in [0.2, 0.25) is 0 Å². The summed E-state index contributed by atoms with van der Waals surface area (Å²) >= 11 is 0. The molecule has 2 aliphatic heterocycles. The van der Waals surface area contributed by atoms with E-state index in [0.717, 1.165) is 44.6 Å². The predicted molar refractivity (Wildman–Crippen MR) is 109 cm³/mol. The van der Waals surface area contributed by atoms with Crippen molar-refractivity contribution in [3.63, 3.8) is 0 Å². The Labute approximate surface area is 161 Å². The minimum Gasteiger partial charge on any atom is -0.339 e. The van der Waals surface area contributed by atoms with Crippen LogP contribution >= 0.6 is 0 Å². The molecule has 0 bridgehead atoms. The summed E-state index contributed by atoms with van der Waals surface area (Å²) in [5.41, 5.74) is 5.08. The van der Waals surface area contributed by atoms with Crippen molar-refractivity contribution in [2.45, 2.75) is 30.6 Å². The average molecular weight is 358 g/mol. The van der Waals surface area contributed by atoms with Crippen LogP contribution in [0.1, 0.15) is 52.2 Å². The first kappa shape index (κ1) is 16.8. The van der Waals surface area contributed by atoms with E-state index in [4.69, 9.17) is 0 Å². The van der Waals surface area contributed by atoms with Gasteiger partial charge in [-0.2, -0.15) is 0 Å². The Hall–Kier alpha value is -2.39. The minimum absolute atomic E-state index is 0.132. The number of amides is 1. The number of piperidine rings is 1. The summed E-state index contributed by atoms with van der Waals surface area (Å²) < 4.78 is 0. The zero-order valence-electron chi connectivity index (χ0n) is 15.7. The van der Waals surface area contributed by atoms with Crippen LogP contribution in [0.4, 0.5) is 0 Å². The molecule has 2 saturated heterocycles. The van der Waals surface area contributed by atoms with Crippen LogP contribution in [-0.4, -0.2) is 37.0 Å². The molecule has 0 saturated carbocycles. The number of carbonyl (C=O) groups is 1. The van der Waals surface area contributed by atoms with Crippen LogP contribution in [0.25, 0.3) is 6.08 Å². The van der Waals surface area contributed by atoms with Crippen molar-refractivity contribution in [2.24, 2.45) is 0 Å². The molecule has 0 unspecified atom stereocenters. The van der Waals surface area contributed by atoms with Gasteiger partial charge in [-0.3, -0.25) is 4.79 Å². The summed E-state index contributed by atoms with van der Waals surface area (Å²) in [5, 5.41) is 3.41. The van der Waals surface area contributed by atoms with Gasteiger partial charge in [0.25, 0.3) is 5.91 Å². The molecule has 2 aromatic rings. The molecule has 1 amide bonds. The molecule has 2 heterocycles. The van der Waals surface area contributed by atoms with Gasteiger partial charge < -0.3 is 10.2 Å². The largest absolute Gasteiger partial charge is 0.339 e. The highest BCUT2D eigenvalue weighted by Crippen LogP contribution is 2.43. The monoisotopic (exact) mass is 358 g/mol. The second-order valence-corrected chi connectivity index (χ2v) is 8.18. The van der Waals surface area contributed by atoms with Gasteiger partial charge in [0.15, 0.2) is 0 Å². The number of nitrogens with zero attached hydrogens (tertiary/aromatic N) is 1. The van der Waals surface area contributed by atoms with Gasteiger partial charge in [0.05, 0.1) is 0 Å². The fourth-order valence-electron chi connectivity index (χ4n) is 5.00. The van der Waals surface area contributed by atoms with Crippen molar-refractivity contribution in [1.29, 1.82) is 0 Å². The zero-order chi connectivity index (χ0) is 18.3.